The third kappa shape index (κ3) is 2.02. The first-order chi connectivity index (χ1) is 7.93. The summed E-state index contributed by atoms with van der Waals surface area (Å²) in [5, 5.41) is 10.6. The van der Waals surface area contributed by atoms with E-state index in [-0.39, 0.29) is 23.0 Å². The Morgan fingerprint density at radius 1 is 1.24 bits per heavy atom. The minimum atomic E-state index is -3.02. The minimum absolute atomic E-state index is 0.0228. The standard InChI is InChI=1S/C12H20O4S/c13-12(5-7-17(14,15)9-12)10-2-6-16-11(8-10)3-1-4-11/h10,13H,1-9H2. The van der Waals surface area contributed by atoms with Crippen molar-refractivity contribution in [1.29, 1.82) is 0 Å². The summed E-state index contributed by atoms with van der Waals surface area (Å²) in [5.41, 5.74) is -1.00. The Morgan fingerprint density at radius 2 is 2.00 bits per heavy atom. The molecule has 0 bridgehead atoms. The van der Waals surface area contributed by atoms with Gasteiger partial charge in [-0.05, 0) is 44.4 Å². The predicted octanol–water partition coefficient (Wildman–Crippen LogP) is 0.885. The summed E-state index contributed by atoms with van der Waals surface area (Å²) in [4.78, 5) is 0. The number of hydrogen-bond donors (Lipinski definition) is 1. The average molecular weight is 260 g/mol. The maximum Gasteiger partial charge on any atom is 0.153 e. The summed E-state index contributed by atoms with van der Waals surface area (Å²) in [7, 11) is -3.02. The largest absolute Gasteiger partial charge is 0.389 e. The van der Waals surface area contributed by atoms with Gasteiger partial charge in [0.15, 0.2) is 9.84 Å². The van der Waals surface area contributed by atoms with Gasteiger partial charge >= 0.3 is 0 Å². The van der Waals surface area contributed by atoms with E-state index < -0.39 is 15.4 Å². The van der Waals surface area contributed by atoms with Crippen LogP contribution in [0.3, 0.4) is 0 Å². The molecule has 0 radical (unpaired) electrons. The average Bonchev–Trinajstić information content (AvgIpc) is 2.52. The molecule has 2 heterocycles. The van der Waals surface area contributed by atoms with E-state index in [1.54, 1.807) is 0 Å². The molecule has 2 saturated heterocycles. The van der Waals surface area contributed by atoms with Gasteiger partial charge in [-0.1, -0.05) is 0 Å². The van der Waals surface area contributed by atoms with Crippen LogP contribution < -0.4 is 0 Å². The van der Waals surface area contributed by atoms with Gasteiger partial charge in [-0.15, -0.1) is 0 Å². The van der Waals surface area contributed by atoms with Gasteiger partial charge in [0.1, 0.15) is 0 Å². The van der Waals surface area contributed by atoms with Gasteiger partial charge in [0.25, 0.3) is 0 Å². The first-order valence-corrected chi connectivity index (χ1v) is 8.32. The molecule has 1 N–H and O–H groups in total. The summed E-state index contributed by atoms with van der Waals surface area (Å²) >= 11 is 0. The van der Waals surface area contributed by atoms with Crippen molar-refractivity contribution in [2.45, 2.75) is 49.7 Å². The van der Waals surface area contributed by atoms with E-state index in [0.717, 1.165) is 25.7 Å². The number of ether oxygens (including phenoxy) is 1. The molecule has 3 aliphatic rings. The van der Waals surface area contributed by atoms with Crippen LogP contribution in [0.15, 0.2) is 0 Å². The van der Waals surface area contributed by atoms with Crippen LogP contribution in [0.5, 0.6) is 0 Å². The summed E-state index contributed by atoms with van der Waals surface area (Å²) in [6.07, 6.45) is 5.41. The molecule has 0 aromatic heterocycles. The molecule has 5 heteroatoms. The molecule has 17 heavy (non-hydrogen) atoms. The SMILES string of the molecule is O=S1(=O)CCC(O)(C2CCOC3(CCC3)C2)C1. The van der Waals surface area contributed by atoms with Crippen molar-refractivity contribution in [3.05, 3.63) is 0 Å². The van der Waals surface area contributed by atoms with Crippen molar-refractivity contribution in [3.8, 4) is 0 Å². The fourth-order valence-electron chi connectivity index (χ4n) is 3.59. The summed E-state index contributed by atoms with van der Waals surface area (Å²) < 4.78 is 28.9. The van der Waals surface area contributed by atoms with Crippen LogP contribution in [-0.4, -0.2) is 42.8 Å². The Balaban J connectivity index is 1.76. The number of hydrogen-bond acceptors (Lipinski definition) is 4. The second-order valence-corrected chi connectivity index (χ2v) is 8.20. The zero-order chi connectivity index (χ0) is 12.1. The van der Waals surface area contributed by atoms with Crippen LogP contribution in [0.2, 0.25) is 0 Å². The molecule has 2 unspecified atom stereocenters. The lowest BCUT2D eigenvalue weighted by Gasteiger charge is -2.50. The molecule has 0 aromatic rings. The number of sulfone groups is 1. The van der Waals surface area contributed by atoms with Gasteiger partial charge in [0.2, 0.25) is 0 Å². The van der Waals surface area contributed by atoms with Gasteiger partial charge in [-0.2, -0.15) is 0 Å². The van der Waals surface area contributed by atoms with Crippen molar-refractivity contribution < 1.29 is 18.3 Å². The van der Waals surface area contributed by atoms with Crippen molar-refractivity contribution in [2.75, 3.05) is 18.1 Å². The Kier molecular flexibility index (Phi) is 2.58. The molecule has 3 fully saturated rings. The third-order valence-electron chi connectivity index (χ3n) is 4.83. The lowest BCUT2D eigenvalue weighted by atomic mass is 9.67. The van der Waals surface area contributed by atoms with E-state index in [0.29, 0.717) is 13.0 Å². The molecule has 0 amide bonds. The maximum atomic E-state index is 11.5. The zero-order valence-corrected chi connectivity index (χ0v) is 10.8. The van der Waals surface area contributed by atoms with Gasteiger partial charge in [-0.3, -0.25) is 0 Å². The lowest BCUT2D eigenvalue weighted by molar-refractivity contribution is -0.170. The quantitative estimate of drug-likeness (QED) is 0.760. The van der Waals surface area contributed by atoms with Gasteiger partial charge in [-0.25, -0.2) is 8.42 Å². The first kappa shape index (κ1) is 11.9. The van der Waals surface area contributed by atoms with Gasteiger partial charge < -0.3 is 9.84 Å². The van der Waals surface area contributed by atoms with Crippen LogP contribution in [0.25, 0.3) is 0 Å². The Morgan fingerprint density at radius 3 is 2.53 bits per heavy atom. The fourth-order valence-corrected chi connectivity index (χ4v) is 5.54. The molecule has 3 rings (SSSR count). The van der Waals surface area contributed by atoms with Crippen molar-refractivity contribution in [2.24, 2.45) is 5.92 Å². The van der Waals surface area contributed by atoms with Crippen molar-refractivity contribution >= 4 is 9.84 Å². The van der Waals surface area contributed by atoms with E-state index in [9.17, 15) is 13.5 Å². The van der Waals surface area contributed by atoms with Crippen LogP contribution in [0, 0.1) is 5.92 Å². The van der Waals surface area contributed by atoms with E-state index in [2.05, 4.69) is 0 Å². The third-order valence-corrected chi connectivity index (χ3v) is 6.60. The normalized spacial score (nSPS) is 43.5. The second-order valence-electron chi connectivity index (χ2n) is 6.02. The van der Waals surface area contributed by atoms with Crippen molar-refractivity contribution in [3.63, 3.8) is 0 Å². The Labute approximate surface area is 102 Å². The fraction of sp³-hybridized carbons (Fsp3) is 1.00. The topological polar surface area (TPSA) is 63.6 Å². The highest BCUT2D eigenvalue weighted by Gasteiger charge is 2.52. The summed E-state index contributed by atoms with van der Waals surface area (Å²) in [6.45, 7) is 0.674. The van der Waals surface area contributed by atoms with Crippen molar-refractivity contribution in [1.82, 2.24) is 0 Å². The van der Waals surface area contributed by atoms with Crippen LogP contribution in [0.4, 0.5) is 0 Å². The predicted molar refractivity (Wildman–Crippen MR) is 63.5 cm³/mol. The number of rotatable bonds is 1. The molecule has 1 saturated carbocycles. The molecule has 1 aliphatic carbocycles. The molecular formula is C12H20O4S. The Hall–Kier alpha value is -0.130. The molecule has 4 nitrogen and oxygen atoms in total. The highest BCUT2D eigenvalue weighted by Crippen LogP contribution is 2.48. The van der Waals surface area contributed by atoms with Crippen LogP contribution >= 0.6 is 0 Å². The molecule has 0 aromatic carbocycles. The lowest BCUT2D eigenvalue weighted by Crippen LogP contribution is -2.52. The molecule has 1 spiro atoms. The molecule has 98 valence electrons. The van der Waals surface area contributed by atoms with E-state index >= 15 is 0 Å². The number of aliphatic hydroxyl groups is 1. The van der Waals surface area contributed by atoms with Crippen LogP contribution in [-0.2, 0) is 14.6 Å². The van der Waals surface area contributed by atoms with E-state index in [1.807, 2.05) is 0 Å². The molecule has 2 aliphatic heterocycles. The van der Waals surface area contributed by atoms with E-state index in [4.69, 9.17) is 4.74 Å². The highest BCUT2D eigenvalue weighted by atomic mass is 32.2. The van der Waals surface area contributed by atoms with Crippen LogP contribution in [0.1, 0.15) is 38.5 Å². The smallest absolute Gasteiger partial charge is 0.153 e. The maximum absolute atomic E-state index is 11.5. The summed E-state index contributed by atoms with van der Waals surface area (Å²) in [6, 6.07) is 0. The second kappa shape index (κ2) is 3.68. The van der Waals surface area contributed by atoms with E-state index in [1.165, 1.54) is 6.42 Å². The van der Waals surface area contributed by atoms with Gasteiger partial charge in [0, 0.05) is 6.61 Å². The Bertz CT molecular complexity index is 412. The monoisotopic (exact) mass is 260 g/mol. The summed E-state index contributed by atoms with van der Waals surface area (Å²) in [5.74, 6) is 0.211. The van der Waals surface area contributed by atoms with Gasteiger partial charge in [0.05, 0.1) is 22.7 Å². The first-order valence-electron chi connectivity index (χ1n) is 6.50. The highest BCUT2D eigenvalue weighted by molar-refractivity contribution is 7.91. The molecular weight excluding hydrogens is 240 g/mol. The zero-order valence-electron chi connectivity index (χ0n) is 10.0. The molecule has 2 atom stereocenters. The minimum Gasteiger partial charge on any atom is -0.389 e.